The summed E-state index contributed by atoms with van der Waals surface area (Å²) in [6.07, 6.45) is 1.72. The lowest BCUT2D eigenvalue weighted by atomic mass is 9.95. The second-order valence-corrected chi connectivity index (χ2v) is 6.31. The molecule has 0 aromatic heterocycles. The maximum absolute atomic E-state index is 12.8. The fourth-order valence-corrected chi connectivity index (χ4v) is 3.14. The smallest absolute Gasteiger partial charge is 0.338 e. The number of hydrogen-bond acceptors (Lipinski definition) is 6. The highest BCUT2D eigenvalue weighted by Gasteiger charge is 2.34. The number of carbonyl (C=O) groups excluding carboxylic acids is 1. The van der Waals surface area contributed by atoms with E-state index in [0.29, 0.717) is 35.3 Å². The minimum atomic E-state index is -0.464. The number of ether oxygens (including phenoxy) is 3. The molecule has 8 heteroatoms. The van der Waals surface area contributed by atoms with Crippen molar-refractivity contribution in [2.45, 2.75) is 13.0 Å². The third kappa shape index (κ3) is 5.09. The normalized spacial score (nSPS) is 16.2. The molecule has 1 atom stereocenters. The fourth-order valence-electron chi connectivity index (χ4n) is 2.81. The molecule has 0 saturated carbocycles. The minimum Gasteiger partial charge on any atom is -0.479 e. The highest BCUT2D eigenvalue weighted by molar-refractivity contribution is 7.80. The van der Waals surface area contributed by atoms with Crippen molar-refractivity contribution in [1.82, 2.24) is 10.2 Å². The Morgan fingerprint density at radius 2 is 2.11 bits per heavy atom. The zero-order valence-corrected chi connectivity index (χ0v) is 16.8. The zero-order chi connectivity index (χ0) is 20.5. The number of rotatable bonds is 9. The number of esters is 1. The molecule has 2 rings (SSSR count). The van der Waals surface area contributed by atoms with E-state index in [0.717, 1.165) is 5.56 Å². The van der Waals surface area contributed by atoms with E-state index < -0.39 is 12.0 Å². The maximum atomic E-state index is 12.8. The van der Waals surface area contributed by atoms with Crippen molar-refractivity contribution < 1.29 is 19.0 Å². The van der Waals surface area contributed by atoms with Crippen LogP contribution >= 0.6 is 12.2 Å². The third-order valence-electron chi connectivity index (χ3n) is 4.17. The van der Waals surface area contributed by atoms with Crippen molar-refractivity contribution >= 4 is 23.3 Å². The van der Waals surface area contributed by atoms with Crippen molar-refractivity contribution in [2.24, 2.45) is 0 Å². The molecule has 1 aliphatic heterocycles. The van der Waals surface area contributed by atoms with Crippen LogP contribution in [-0.2, 0) is 14.3 Å². The van der Waals surface area contributed by atoms with Gasteiger partial charge >= 0.3 is 5.97 Å². The molecule has 1 N–H and O–H groups in total. The maximum Gasteiger partial charge on any atom is 0.338 e. The van der Waals surface area contributed by atoms with Crippen molar-refractivity contribution in [2.75, 3.05) is 33.5 Å². The van der Waals surface area contributed by atoms with E-state index in [9.17, 15) is 4.79 Å². The summed E-state index contributed by atoms with van der Waals surface area (Å²) in [5.74, 6) is 0.135. The summed E-state index contributed by atoms with van der Waals surface area (Å²) in [6, 6.07) is 8.60. The van der Waals surface area contributed by atoms with E-state index >= 15 is 0 Å². The molecule has 0 amide bonds. The van der Waals surface area contributed by atoms with E-state index in [1.54, 1.807) is 30.2 Å². The predicted octanol–water partition coefficient (Wildman–Crippen LogP) is 2.47. The molecule has 0 fully saturated rings. The number of nitriles is 1. The van der Waals surface area contributed by atoms with Crippen molar-refractivity contribution in [3.05, 3.63) is 53.8 Å². The summed E-state index contributed by atoms with van der Waals surface area (Å²) >= 11 is 5.48. The molecule has 28 heavy (non-hydrogen) atoms. The lowest BCUT2D eigenvalue weighted by Crippen LogP contribution is -2.47. The highest BCUT2D eigenvalue weighted by Crippen LogP contribution is 2.32. The van der Waals surface area contributed by atoms with Gasteiger partial charge in [0.1, 0.15) is 18.4 Å². The number of benzene rings is 1. The standard InChI is InChI=1S/C20H23N3O4S/c1-4-10-23-14(2)17(19(24)27-13-12-25-3)18(22-20(23)28)15-5-7-16(8-6-15)26-11-9-21/h4-8,18H,1,10-13H2,2-3H3,(H,22,28)/t18-/m0/s1. The summed E-state index contributed by atoms with van der Waals surface area (Å²) in [6.45, 7) is 6.49. The average molecular weight is 401 g/mol. The molecule has 0 radical (unpaired) electrons. The molecule has 148 valence electrons. The number of carbonyl (C=O) groups is 1. The monoisotopic (exact) mass is 401 g/mol. The molecule has 7 nitrogen and oxygen atoms in total. The first-order valence-electron chi connectivity index (χ1n) is 8.69. The Kier molecular flexibility index (Phi) is 7.99. The van der Waals surface area contributed by atoms with Crippen LogP contribution in [0.4, 0.5) is 0 Å². The van der Waals surface area contributed by atoms with Gasteiger partial charge in [-0.05, 0) is 36.8 Å². The van der Waals surface area contributed by atoms with Gasteiger partial charge in [0.15, 0.2) is 11.7 Å². The van der Waals surface area contributed by atoms with Gasteiger partial charge in [0, 0.05) is 19.4 Å². The van der Waals surface area contributed by atoms with E-state index in [2.05, 4.69) is 11.9 Å². The first-order valence-corrected chi connectivity index (χ1v) is 9.09. The van der Waals surface area contributed by atoms with Gasteiger partial charge in [0.05, 0.1) is 18.2 Å². The molecule has 0 saturated heterocycles. The SMILES string of the molecule is C=CCN1C(=S)N[C@@H](c2ccc(OCC#N)cc2)C(C(=O)OCCOC)=C1C. The Hall–Kier alpha value is -2.89. The van der Waals surface area contributed by atoms with Crippen LogP contribution in [-0.4, -0.2) is 49.5 Å². The van der Waals surface area contributed by atoms with Crippen molar-refractivity contribution in [3.8, 4) is 11.8 Å². The fraction of sp³-hybridized carbons (Fsp3) is 0.350. The molecular formula is C20H23N3O4S. The highest BCUT2D eigenvalue weighted by atomic mass is 32.1. The van der Waals surface area contributed by atoms with Gasteiger partial charge in [0.25, 0.3) is 0 Å². The second-order valence-electron chi connectivity index (χ2n) is 5.93. The topological polar surface area (TPSA) is 83.8 Å². The third-order valence-corrected chi connectivity index (χ3v) is 4.50. The molecule has 1 aliphatic rings. The molecule has 1 heterocycles. The van der Waals surface area contributed by atoms with Gasteiger partial charge in [-0.15, -0.1) is 6.58 Å². The lowest BCUT2D eigenvalue weighted by molar-refractivity contribution is -0.140. The van der Waals surface area contributed by atoms with Crippen LogP contribution in [0.15, 0.2) is 48.2 Å². The van der Waals surface area contributed by atoms with Crippen molar-refractivity contribution in [3.63, 3.8) is 0 Å². The largest absolute Gasteiger partial charge is 0.479 e. The number of hydrogen-bond donors (Lipinski definition) is 1. The van der Waals surface area contributed by atoms with Crippen LogP contribution in [0.2, 0.25) is 0 Å². The van der Waals surface area contributed by atoms with Crippen molar-refractivity contribution in [1.29, 1.82) is 5.26 Å². The van der Waals surface area contributed by atoms with Gasteiger partial charge < -0.3 is 24.4 Å². The second kappa shape index (κ2) is 10.4. The Balaban J connectivity index is 2.36. The molecule has 0 spiro atoms. The number of methoxy groups -OCH3 is 1. The van der Waals surface area contributed by atoms with E-state index in [1.807, 2.05) is 25.1 Å². The minimum absolute atomic E-state index is 0.0300. The van der Waals surface area contributed by atoms with E-state index in [1.165, 1.54) is 0 Å². The first-order chi connectivity index (χ1) is 13.5. The van der Waals surface area contributed by atoms with Gasteiger partial charge in [-0.25, -0.2) is 4.79 Å². The summed E-state index contributed by atoms with van der Waals surface area (Å²) in [5.41, 5.74) is 2.00. The van der Waals surface area contributed by atoms with Crippen LogP contribution < -0.4 is 10.1 Å². The number of thiocarbonyl (C=S) groups is 1. The van der Waals surface area contributed by atoms with Crippen LogP contribution in [0, 0.1) is 11.3 Å². The molecule has 0 aliphatic carbocycles. The van der Waals surface area contributed by atoms with Gasteiger partial charge in [0.2, 0.25) is 0 Å². The Labute approximate surface area is 170 Å². The Morgan fingerprint density at radius 3 is 2.71 bits per heavy atom. The Bertz CT molecular complexity index is 799. The van der Waals surface area contributed by atoms with Crippen LogP contribution in [0.5, 0.6) is 5.75 Å². The number of allylic oxidation sites excluding steroid dienone is 1. The van der Waals surface area contributed by atoms with Gasteiger partial charge in [-0.3, -0.25) is 0 Å². The summed E-state index contributed by atoms with van der Waals surface area (Å²) in [5, 5.41) is 12.3. The van der Waals surface area contributed by atoms with Gasteiger partial charge in [-0.2, -0.15) is 5.26 Å². The molecule has 1 aromatic carbocycles. The summed E-state index contributed by atoms with van der Waals surface area (Å²) in [4.78, 5) is 14.6. The quantitative estimate of drug-likeness (QED) is 0.292. The van der Waals surface area contributed by atoms with E-state index in [4.69, 9.17) is 31.7 Å². The lowest BCUT2D eigenvalue weighted by Gasteiger charge is -2.37. The first kappa shape index (κ1) is 21.4. The summed E-state index contributed by atoms with van der Waals surface area (Å²) < 4.78 is 15.6. The van der Waals surface area contributed by atoms with Gasteiger partial charge in [-0.1, -0.05) is 18.2 Å². The Morgan fingerprint density at radius 1 is 1.39 bits per heavy atom. The van der Waals surface area contributed by atoms with Crippen LogP contribution in [0.3, 0.4) is 0 Å². The molecule has 0 bridgehead atoms. The number of nitrogens with zero attached hydrogens (tertiary/aromatic N) is 2. The molecule has 1 aromatic rings. The summed E-state index contributed by atoms with van der Waals surface area (Å²) in [7, 11) is 1.55. The zero-order valence-electron chi connectivity index (χ0n) is 15.9. The van der Waals surface area contributed by atoms with Crippen LogP contribution in [0.25, 0.3) is 0 Å². The van der Waals surface area contributed by atoms with E-state index in [-0.39, 0.29) is 13.2 Å². The van der Waals surface area contributed by atoms with Crippen LogP contribution in [0.1, 0.15) is 18.5 Å². The predicted molar refractivity (Wildman–Crippen MR) is 108 cm³/mol. The number of nitrogens with one attached hydrogen (secondary N) is 1. The molecular weight excluding hydrogens is 378 g/mol. The molecule has 0 unspecified atom stereocenters. The average Bonchev–Trinajstić information content (AvgIpc) is 2.69.